The summed E-state index contributed by atoms with van der Waals surface area (Å²) in [6.45, 7) is 4.57. The number of benzene rings is 2. The summed E-state index contributed by atoms with van der Waals surface area (Å²) in [6, 6.07) is 20.0. The summed E-state index contributed by atoms with van der Waals surface area (Å²) in [6.07, 6.45) is 1.10. The topological polar surface area (TPSA) is 41.1 Å². The first-order chi connectivity index (χ1) is 11.3. The molecule has 2 aromatic rings. The van der Waals surface area contributed by atoms with E-state index in [4.69, 9.17) is 0 Å². The molecule has 1 amide bonds. The van der Waals surface area contributed by atoms with Gasteiger partial charge in [0, 0.05) is 18.0 Å². The molecule has 0 radical (unpaired) electrons. The Bertz CT molecular complexity index is 574. The van der Waals surface area contributed by atoms with Crippen molar-refractivity contribution in [1.82, 2.24) is 10.6 Å². The maximum Gasteiger partial charge on any atom is 0.238 e. The highest BCUT2D eigenvalue weighted by molar-refractivity contribution is 8.00. The minimum Gasteiger partial charge on any atom is -0.354 e. The van der Waals surface area contributed by atoms with Crippen LogP contribution in [-0.4, -0.2) is 25.5 Å². The van der Waals surface area contributed by atoms with Gasteiger partial charge in [0.2, 0.25) is 5.91 Å². The van der Waals surface area contributed by atoms with Crippen LogP contribution in [0.25, 0.3) is 0 Å². The molecule has 122 valence electrons. The number of rotatable bonds is 9. The van der Waals surface area contributed by atoms with Crippen molar-refractivity contribution in [3.8, 4) is 0 Å². The van der Waals surface area contributed by atoms with E-state index in [1.165, 1.54) is 0 Å². The van der Waals surface area contributed by atoms with E-state index < -0.39 is 0 Å². The van der Waals surface area contributed by atoms with E-state index in [-0.39, 0.29) is 11.2 Å². The zero-order chi connectivity index (χ0) is 16.3. The van der Waals surface area contributed by atoms with Gasteiger partial charge in [-0.2, -0.15) is 0 Å². The van der Waals surface area contributed by atoms with Gasteiger partial charge in [-0.25, -0.2) is 0 Å². The van der Waals surface area contributed by atoms with Gasteiger partial charge in [0.1, 0.15) is 5.25 Å². The number of hydrogen-bond donors (Lipinski definition) is 2. The summed E-state index contributed by atoms with van der Waals surface area (Å²) >= 11 is 1.59. The van der Waals surface area contributed by atoms with Crippen molar-refractivity contribution in [1.29, 1.82) is 0 Å². The van der Waals surface area contributed by atoms with Crippen molar-refractivity contribution >= 4 is 17.7 Å². The molecule has 1 unspecified atom stereocenters. The summed E-state index contributed by atoms with van der Waals surface area (Å²) in [5.74, 6) is 0.0587. The van der Waals surface area contributed by atoms with Gasteiger partial charge in [0.05, 0.1) is 0 Å². The Morgan fingerprint density at radius 1 is 0.957 bits per heavy atom. The van der Waals surface area contributed by atoms with Crippen LogP contribution in [0.2, 0.25) is 0 Å². The smallest absolute Gasteiger partial charge is 0.238 e. The van der Waals surface area contributed by atoms with Crippen molar-refractivity contribution in [3.05, 3.63) is 66.2 Å². The minimum atomic E-state index is -0.232. The molecule has 2 rings (SSSR count). The molecule has 2 N–H and O–H groups in total. The molecule has 0 bridgehead atoms. The van der Waals surface area contributed by atoms with E-state index in [0.29, 0.717) is 6.54 Å². The zero-order valence-electron chi connectivity index (χ0n) is 13.5. The maximum atomic E-state index is 12.6. The lowest BCUT2D eigenvalue weighted by Gasteiger charge is -2.17. The number of amides is 1. The van der Waals surface area contributed by atoms with E-state index >= 15 is 0 Å². The van der Waals surface area contributed by atoms with Crippen LogP contribution in [0.5, 0.6) is 0 Å². The van der Waals surface area contributed by atoms with Gasteiger partial charge in [0.25, 0.3) is 0 Å². The van der Waals surface area contributed by atoms with Crippen molar-refractivity contribution in [2.75, 3.05) is 19.6 Å². The average Bonchev–Trinajstić information content (AvgIpc) is 2.61. The van der Waals surface area contributed by atoms with Crippen LogP contribution < -0.4 is 10.6 Å². The van der Waals surface area contributed by atoms with Crippen molar-refractivity contribution in [3.63, 3.8) is 0 Å². The Morgan fingerprint density at radius 3 is 2.26 bits per heavy atom. The van der Waals surface area contributed by atoms with Gasteiger partial charge < -0.3 is 10.6 Å². The molecule has 4 heteroatoms. The number of carbonyl (C=O) groups excluding carboxylic acids is 1. The van der Waals surface area contributed by atoms with Crippen LogP contribution in [0, 0.1) is 0 Å². The second-order valence-corrected chi connectivity index (χ2v) is 6.44. The Hall–Kier alpha value is -1.78. The fourth-order valence-corrected chi connectivity index (χ4v) is 3.27. The highest BCUT2D eigenvalue weighted by Gasteiger charge is 2.21. The number of hydrogen-bond acceptors (Lipinski definition) is 3. The lowest BCUT2D eigenvalue weighted by atomic mass is 10.1. The molecule has 3 nitrogen and oxygen atoms in total. The molecule has 23 heavy (non-hydrogen) atoms. The van der Waals surface area contributed by atoms with Gasteiger partial charge in [-0.05, 0) is 30.7 Å². The fourth-order valence-electron chi connectivity index (χ4n) is 2.20. The average molecular weight is 328 g/mol. The van der Waals surface area contributed by atoms with E-state index in [2.05, 4.69) is 17.6 Å². The highest BCUT2D eigenvalue weighted by atomic mass is 32.2. The van der Waals surface area contributed by atoms with Gasteiger partial charge in [-0.15, -0.1) is 11.8 Å². The molecule has 0 aromatic heterocycles. The molecule has 0 aliphatic carbocycles. The first kappa shape index (κ1) is 17.6. The third-order valence-electron chi connectivity index (χ3n) is 3.37. The summed E-state index contributed by atoms with van der Waals surface area (Å²) in [4.78, 5) is 13.7. The molecule has 0 fully saturated rings. The van der Waals surface area contributed by atoms with Crippen molar-refractivity contribution in [2.24, 2.45) is 0 Å². The van der Waals surface area contributed by atoms with Gasteiger partial charge in [-0.3, -0.25) is 4.79 Å². The van der Waals surface area contributed by atoms with Crippen LogP contribution in [0.3, 0.4) is 0 Å². The van der Waals surface area contributed by atoms with E-state index in [1.54, 1.807) is 11.8 Å². The van der Waals surface area contributed by atoms with E-state index in [0.717, 1.165) is 30.0 Å². The van der Waals surface area contributed by atoms with Crippen molar-refractivity contribution in [2.45, 2.75) is 23.5 Å². The van der Waals surface area contributed by atoms with Crippen molar-refractivity contribution < 1.29 is 4.79 Å². The van der Waals surface area contributed by atoms with Crippen LogP contribution in [0.4, 0.5) is 0 Å². The largest absolute Gasteiger partial charge is 0.354 e. The second-order valence-electron chi connectivity index (χ2n) is 5.26. The normalized spacial score (nSPS) is 11.9. The Kier molecular flexibility index (Phi) is 7.70. The molecule has 0 aliphatic rings. The molecule has 1 atom stereocenters. The maximum absolute atomic E-state index is 12.6. The molecule has 0 spiro atoms. The molecule has 0 aliphatic heterocycles. The number of nitrogens with one attached hydrogen (secondary N) is 2. The predicted molar refractivity (Wildman–Crippen MR) is 97.7 cm³/mol. The SMILES string of the molecule is CCCNCCNC(=O)C(Sc1ccccc1)c1ccccc1. The lowest BCUT2D eigenvalue weighted by Crippen LogP contribution is -2.34. The standard InChI is InChI=1S/C19H24N2OS/c1-2-13-20-14-15-21-19(22)18(16-9-5-3-6-10-16)23-17-11-7-4-8-12-17/h3-12,18,20H,2,13-15H2,1H3,(H,21,22). The monoisotopic (exact) mass is 328 g/mol. The van der Waals surface area contributed by atoms with Crippen LogP contribution in [-0.2, 0) is 4.79 Å². The summed E-state index contributed by atoms with van der Waals surface area (Å²) in [5, 5.41) is 6.10. The molecule has 0 saturated carbocycles. The van der Waals surface area contributed by atoms with Gasteiger partial charge >= 0.3 is 0 Å². The van der Waals surface area contributed by atoms with E-state index in [9.17, 15) is 4.79 Å². The molecule has 0 heterocycles. The molecular formula is C19H24N2OS. The van der Waals surface area contributed by atoms with Gasteiger partial charge in [0.15, 0.2) is 0 Å². The van der Waals surface area contributed by atoms with Gasteiger partial charge in [-0.1, -0.05) is 55.5 Å². The summed E-state index contributed by atoms with van der Waals surface area (Å²) in [5.41, 5.74) is 1.03. The van der Waals surface area contributed by atoms with Crippen LogP contribution in [0.15, 0.2) is 65.6 Å². The number of carbonyl (C=O) groups is 1. The second kappa shape index (κ2) is 10.1. The zero-order valence-corrected chi connectivity index (χ0v) is 14.3. The first-order valence-electron chi connectivity index (χ1n) is 8.06. The minimum absolute atomic E-state index is 0.0587. The molecule has 2 aromatic carbocycles. The Labute approximate surface area is 142 Å². The molecular weight excluding hydrogens is 304 g/mol. The molecule has 0 saturated heterocycles. The van der Waals surface area contributed by atoms with E-state index in [1.807, 2.05) is 60.7 Å². The van der Waals surface area contributed by atoms with Crippen LogP contribution in [0.1, 0.15) is 24.2 Å². The quantitative estimate of drug-likeness (QED) is 0.545. The Morgan fingerprint density at radius 2 is 1.61 bits per heavy atom. The highest BCUT2D eigenvalue weighted by Crippen LogP contribution is 2.35. The summed E-state index contributed by atoms with van der Waals surface area (Å²) < 4.78 is 0. The fraction of sp³-hybridized carbons (Fsp3) is 0.316. The third-order valence-corrected chi connectivity index (χ3v) is 4.63. The summed E-state index contributed by atoms with van der Waals surface area (Å²) in [7, 11) is 0. The lowest BCUT2D eigenvalue weighted by molar-refractivity contribution is -0.120. The number of thioether (sulfide) groups is 1. The predicted octanol–water partition coefficient (Wildman–Crippen LogP) is 3.64. The Balaban J connectivity index is 2.00. The third kappa shape index (κ3) is 6.08. The first-order valence-corrected chi connectivity index (χ1v) is 8.94. The van der Waals surface area contributed by atoms with Crippen LogP contribution >= 0.6 is 11.8 Å².